The van der Waals surface area contributed by atoms with Gasteiger partial charge >= 0.3 is 0 Å². The van der Waals surface area contributed by atoms with Crippen LogP contribution in [0.3, 0.4) is 0 Å². The fraction of sp³-hybridized carbons (Fsp3) is 0. The van der Waals surface area contributed by atoms with E-state index in [1.807, 2.05) is 72.1 Å². The first-order chi connectivity index (χ1) is 12.7. The van der Waals surface area contributed by atoms with E-state index in [0.717, 1.165) is 15.6 Å². The van der Waals surface area contributed by atoms with Gasteiger partial charge in [0, 0.05) is 14.8 Å². The maximum Gasteiger partial charge on any atom is 0.102 e. The van der Waals surface area contributed by atoms with Gasteiger partial charge in [0.2, 0.25) is 0 Å². The van der Waals surface area contributed by atoms with Gasteiger partial charge in [-0.05, 0) is 53.9 Å². The summed E-state index contributed by atoms with van der Waals surface area (Å²) >= 11 is 15.5. The highest BCUT2D eigenvalue weighted by atomic mass is 35.5. The van der Waals surface area contributed by atoms with Crippen LogP contribution in [0.4, 0.5) is 5.69 Å². The fourth-order valence-corrected chi connectivity index (χ4v) is 4.15. The Balaban J connectivity index is 1.83. The van der Waals surface area contributed by atoms with Crippen LogP contribution in [0.5, 0.6) is 0 Å². The average molecular weight is 416 g/mol. The summed E-state index contributed by atoms with van der Waals surface area (Å²) in [5, 5.41) is 4.13. The standard InChI is InChI=1S/C21H15Cl2NS2/c22-16-11-12-20(19(23)15-16)26-21(24-17-7-3-1-4-8-17)13-14-25-18-9-5-2-6-10-18/h1-15H. The van der Waals surface area contributed by atoms with Gasteiger partial charge in [0.15, 0.2) is 0 Å². The Hall–Kier alpha value is -1.65. The van der Waals surface area contributed by atoms with Gasteiger partial charge in [-0.15, -0.1) is 0 Å². The molecule has 3 aromatic carbocycles. The van der Waals surface area contributed by atoms with Crippen LogP contribution < -0.4 is 0 Å². The lowest BCUT2D eigenvalue weighted by molar-refractivity contribution is 1.47. The summed E-state index contributed by atoms with van der Waals surface area (Å²) < 4.78 is 0. The van der Waals surface area contributed by atoms with Crippen LogP contribution in [-0.2, 0) is 0 Å². The minimum absolute atomic E-state index is 0.618. The molecule has 0 N–H and O–H groups in total. The third kappa shape index (κ3) is 5.96. The number of para-hydroxylation sites is 1. The lowest BCUT2D eigenvalue weighted by Gasteiger charge is -2.05. The van der Waals surface area contributed by atoms with Crippen molar-refractivity contribution < 1.29 is 0 Å². The van der Waals surface area contributed by atoms with E-state index in [4.69, 9.17) is 28.2 Å². The van der Waals surface area contributed by atoms with E-state index in [2.05, 4.69) is 12.1 Å². The monoisotopic (exact) mass is 415 g/mol. The molecule has 0 aliphatic rings. The minimum Gasteiger partial charge on any atom is -0.242 e. The van der Waals surface area contributed by atoms with Crippen molar-refractivity contribution in [2.45, 2.75) is 9.79 Å². The quantitative estimate of drug-likeness (QED) is 0.237. The molecule has 0 unspecified atom stereocenters. The van der Waals surface area contributed by atoms with Gasteiger partial charge in [0.1, 0.15) is 5.04 Å². The van der Waals surface area contributed by atoms with E-state index in [1.54, 1.807) is 17.8 Å². The number of halogens is 2. The molecule has 0 heterocycles. The molecule has 0 atom stereocenters. The maximum atomic E-state index is 6.32. The van der Waals surface area contributed by atoms with Crippen LogP contribution in [0.25, 0.3) is 0 Å². The topological polar surface area (TPSA) is 12.4 Å². The molecule has 0 saturated carbocycles. The van der Waals surface area contributed by atoms with Crippen molar-refractivity contribution in [2.75, 3.05) is 0 Å². The van der Waals surface area contributed by atoms with Crippen molar-refractivity contribution in [1.82, 2.24) is 0 Å². The van der Waals surface area contributed by atoms with Crippen molar-refractivity contribution in [1.29, 1.82) is 0 Å². The second-order valence-corrected chi connectivity index (χ2v) is 8.08. The highest BCUT2D eigenvalue weighted by molar-refractivity contribution is 8.14. The molecule has 0 spiro atoms. The molecule has 0 fully saturated rings. The molecule has 26 heavy (non-hydrogen) atoms. The van der Waals surface area contributed by atoms with Gasteiger partial charge in [-0.3, -0.25) is 0 Å². The molecule has 0 saturated heterocycles. The van der Waals surface area contributed by atoms with Crippen LogP contribution in [0.2, 0.25) is 10.0 Å². The first kappa shape index (κ1) is 19.1. The first-order valence-electron chi connectivity index (χ1n) is 7.85. The lowest BCUT2D eigenvalue weighted by atomic mass is 10.3. The Kier molecular flexibility index (Phi) is 7.27. The Bertz CT molecular complexity index is 910. The molecule has 0 amide bonds. The molecule has 0 aliphatic heterocycles. The van der Waals surface area contributed by atoms with Crippen molar-refractivity contribution in [3.05, 3.63) is 100 Å². The lowest BCUT2D eigenvalue weighted by Crippen LogP contribution is -1.87. The summed E-state index contributed by atoms with van der Waals surface area (Å²) in [5.74, 6) is 0. The van der Waals surface area contributed by atoms with Crippen LogP contribution in [0.1, 0.15) is 0 Å². The van der Waals surface area contributed by atoms with Crippen molar-refractivity contribution in [3.63, 3.8) is 0 Å². The third-order valence-corrected chi connectivity index (χ3v) is 5.75. The van der Waals surface area contributed by atoms with Crippen molar-refractivity contribution >= 4 is 57.5 Å². The highest BCUT2D eigenvalue weighted by Crippen LogP contribution is 2.32. The summed E-state index contributed by atoms with van der Waals surface area (Å²) in [7, 11) is 0. The summed E-state index contributed by atoms with van der Waals surface area (Å²) in [6.45, 7) is 0. The molecule has 3 rings (SSSR count). The zero-order chi connectivity index (χ0) is 18.2. The predicted molar refractivity (Wildman–Crippen MR) is 117 cm³/mol. The summed E-state index contributed by atoms with van der Waals surface area (Å²) in [4.78, 5) is 6.83. The van der Waals surface area contributed by atoms with Crippen LogP contribution in [0, 0.1) is 0 Å². The Morgan fingerprint density at radius 3 is 2.23 bits per heavy atom. The van der Waals surface area contributed by atoms with E-state index in [9.17, 15) is 0 Å². The average Bonchev–Trinajstić information content (AvgIpc) is 2.65. The number of rotatable bonds is 5. The fourth-order valence-electron chi connectivity index (χ4n) is 2.06. The Morgan fingerprint density at radius 1 is 0.846 bits per heavy atom. The van der Waals surface area contributed by atoms with Gasteiger partial charge in [-0.2, -0.15) is 0 Å². The zero-order valence-corrected chi connectivity index (χ0v) is 16.8. The molecule has 1 nitrogen and oxygen atoms in total. The molecule has 0 bridgehead atoms. The van der Waals surface area contributed by atoms with E-state index in [0.29, 0.717) is 10.0 Å². The smallest absolute Gasteiger partial charge is 0.102 e. The number of nitrogens with zero attached hydrogens (tertiary/aromatic N) is 1. The zero-order valence-electron chi connectivity index (χ0n) is 13.7. The SMILES string of the molecule is Clc1ccc(SC(C=CSc2ccccc2)=Nc2ccccc2)c(Cl)c1. The van der Waals surface area contributed by atoms with Gasteiger partial charge in [-0.25, -0.2) is 4.99 Å². The molecule has 3 aromatic rings. The Morgan fingerprint density at radius 2 is 1.54 bits per heavy atom. The maximum absolute atomic E-state index is 6.32. The van der Waals surface area contributed by atoms with E-state index < -0.39 is 0 Å². The minimum atomic E-state index is 0.618. The second-order valence-electron chi connectivity index (χ2n) is 5.20. The number of hydrogen-bond acceptors (Lipinski definition) is 3. The molecule has 0 aliphatic carbocycles. The number of aliphatic imine (C=N–C) groups is 1. The molecular formula is C21H15Cl2NS2. The van der Waals surface area contributed by atoms with Crippen LogP contribution in [-0.4, -0.2) is 5.04 Å². The predicted octanol–water partition coefficient (Wildman–Crippen LogP) is 8.12. The molecule has 0 aromatic heterocycles. The van der Waals surface area contributed by atoms with E-state index in [-0.39, 0.29) is 0 Å². The van der Waals surface area contributed by atoms with Crippen LogP contribution in [0.15, 0.2) is 105 Å². The summed E-state index contributed by atoms with van der Waals surface area (Å²) in [6, 6.07) is 25.6. The van der Waals surface area contributed by atoms with Crippen molar-refractivity contribution in [2.24, 2.45) is 4.99 Å². The Labute approximate surface area is 172 Å². The molecule has 5 heteroatoms. The summed E-state index contributed by atoms with van der Waals surface area (Å²) in [6.07, 6.45) is 2.00. The van der Waals surface area contributed by atoms with Gasteiger partial charge in [0.05, 0.1) is 10.7 Å². The molecular weight excluding hydrogens is 401 g/mol. The van der Waals surface area contributed by atoms with Gasteiger partial charge < -0.3 is 0 Å². The highest BCUT2D eigenvalue weighted by Gasteiger charge is 2.06. The molecule has 130 valence electrons. The number of benzene rings is 3. The summed E-state index contributed by atoms with van der Waals surface area (Å²) in [5.41, 5.74) is 0.898. The number of thioether (sulfide) groups is 2. The first-order valence-corrected chi connectivity index (χ1v) is 10.3. The molecule has 0 radical (unpaired) electrons. The van der Waals surface area contributed by atoms with Gasteiger partial charge in [-0.1, -0.05) is 83.1 Å². The van der Waals surface area contributed by atoms with E-state index >= 15 is 0 Å². The van der Waals surface area contributed by atoms with E-state index in [1.165, 1.54) is 16.7 Å². The second kappa shape index (κ2) is 9.89. The van der Waals surface area contributed by atoms with Crippen molar-refractivity contribution in [3.8, 4) is 0 Å². The van der Waals surface area contributed by atoms with Crippen LogP contribution >= 0.6 is 46.7 Å². The normalized spacial score (nSPS) is 11.8. The third-order valence-electron chi connectivity index (χ3n) is 3.26. The largest absolute Gasteiger partial charge is 0.242 e. The van der Waals surface area contributed by atoms with Gasteiger partial charge in [0.25, 0.3) is 0 Å². The number of hydrogen-bond donors (Lipinski definition) is 0.